The second-order valence-electron chi connectivity index (χ2n) is 8.17. The number of rotatable bonds is 7. The second kappa shape index (κ2) is 9.94. The molecule has 0 unspecified atom stereocenters. The van der Waals surface area contributed by atoms with Crippen molar-refractivity contribution in [1.29, 1.82) is 0 Å². The van der Waals surface area contributed by atoms with Crippen LogP contribution in [0.1, 0.15) is 21.7 Å². The minimum absolute atomic E-state index is 0.0969. The first kappa shape index (κ1) is 23.7. The van der Waals surface area contributed by atoms with Gasteiger partial charge in [-0.15, -0.1) is 0 Å². The number of aromatic amines is 1. The molecule has 9 nitrogen and oxygen atoms in total. The number of halogens is 1. The van der Waals surface area contributed by atoms with Gasteiger partial charge in [-0.25, -0.2) is 14.1 Å². The van der Waals surface area contributed by atoms with Gasteiger partial charge in [0.25, 0.3) is 11.5 Å². The van der Waals surface area contributed by atoms with Crippen LogP contribution in [0.15, 0.2) is 77.6 Å². The monoisotopic (exact) mass is 499 g/mol. The highest BCUT2D eigenvalue weighted by Gasteiger charge is 2.20. The number of hydrogen-bond acceptors (Lipinski definition) is 6. The maximum Gasteiger partial charge on any atom is 0.298 e. The third kappa shape index (κ3) is 4.76. The molecule has 0 saturated carbocycles. The molecule has 5 rings (SSSR count). The molecule has 0 aliphatic heterocycles. The molecule has 0 radical (unpaired) electrons. The van der Waals surface area contributed by atoms with E-state index in [2.05, 4.69) is 15.6 Å². The number of fused-ring (bicyclic) bond motifs is 1. The zero-order valence-electron chi connectivity index (χ0n) is 20.0. The summed E-state index contributed by atoms with van der Waals surface area (Å²) in [5, 5.41) is 6.98. The lowest BCUT2D eigenvalue weighted by Gasteiger charge is -2.14. The Kier molecular flexibility index (Phi) is 6.38. The highest BCUT2D eigenvalue weighted by molar-refractivity contribution is 6.00. The van der Waals surface area contributed by atoms with Crippen LogP contribution in [0.5, 0.6) is 11.5 Å². The number of ether oxygens (including phenoxy) is 2. The van der Waals surface area contributed by atoms with E-state index in [1.54, 1.807) is 49.6 Å². The molecule has 0 atom stereocenters. The van der Waals surface area contributed by atoms with Crippen LogP contribution >= 0.6 is 0 Å². The zero-order chi connectivity index (χ0) is 25.9. The number of carbonyl (C=O) groups is 1. The van der Waals surface area contributed by atoms with Crippen molar-refractivity contribution in [2.75, 3.05) is 19.6 Å². The third-order valence-corrected chi connectivity index (χ3v) is 5.82. The normalized spacial score (nSPS) is 10.9. The van der Waals surface area contributed by atoms with Gasteiger partial charge in [-0.1, -0.05) is 18.2 Å². The van der Waals surface area contributed by atoms with Crippen LogP contribution in [0.25, 0.3) is 22.3 Å². The minimum Gasteiger partial charge on any atom is -0.497 e. The number of H-pyrrole nitrogens is 1. The van der Waals surface area contributed by atoms with Gasteiger partial charge in [0, 0.05) is 17.5 Å². The summed E-state index contributed by atoms with van der Waals surface area (Å²) < 4.78 is 25.1. The van der Waals surface area contributed by atoms with Gasteiger partial charge in [0.1, 0.15) is 34.4 Å². The number of methoxy groups -OCH3 is 2. The molecule has 0 saturated heterocycles. The fourth-order valence-electron chi connectivity index (χ4n) is 3.94. The molecule has 0 aliphatic carbocycles. The number of amides is 1. The van der Waals surface area contributed by atoms with Gasteiger partial charge in [0.15, 0.2) is 5.52 Å². The van der Waals surface area contributed by atoms with E-state index in [-0.39, 0.29) is 17.8 Å². The largest absolute Gasteiger partial charge is 0.497 e. The van der Waals surface area contributed by atoms with E-state index in [0.29, 0.717) is 33.8 Å². The van der Waals surface area contributed by atoms with Crippen molar-refractivity contribution in [3.63, 3.8) is 0 Å². The summed E-state index contributed by atoms with van der Waals surface area (Å²) in [7, 11) is 3.07. The van der Waals surface area contributed by atoms with Crippen molar-refractivity contribution in [3.8, 4) is 22.8 Å². The smallest absolute Gasteiger partial charge is 0.298 e. The van der Waals surface area contributed by atoms with E-state index in [4.69, 9.17) is 14.5 Å². The van der Waals surface area contributed by atoms with Gasteiger partial charge < -0.3 is 9.47 Å². The third-order valence-electron chi connectivity index (χ3n) is 5.82. The topological polar surface area (TPSA) is 111 Å². The van der Waals surface area contributed by atoms with E-state index in [0.717, 1.165) is 10.2 Å². The van der Waals surface area contributed by atoms with Gasteiger partial charge in [-0.3, -0.25) is 20.1 Å². The zero-order valence-corrected chi connectivity index (χ0v) is 20.0. The fraction of sp³-hybridized carbons (Fsp3) is 0.111. The summed E-state index contributed by atoms with van der Waals surface area (Å²) in [6.07, 6.45) is 0.203. The number of aromatic nitrogens is 4. The number of nitrogens with zero attached hydrogens (tertiary/aromatic N) is 3. The molecule has 2 heterocycles. The molecule has 2 N–H and O–H groups in total. The summed E-state index contributed by atoms with van der Waals surface area (Å²) in [5.41, 5.74) is 4.61. The van der Waals surface area contributed by atoms with E-state index >= 15 is 0 Å². The van der Waals surface area contributed by atoms with Crippen molar-refractivity contribution >= 4 is 16.9 Å². The predicted octanol–water partition coefficient (Wildman–Crippen LogP) is 3.92. The fourth-order valence-corrected chi connectivity index (χ4v) is 3.94. The molecule has 1 amide bonds. The Hall–Kier alpha value is -4.99. The molecule has 2 aromatic heterocycles. The van der Waals surface area contributed by atoms with Crippen LogP contribution in [0, 0.1) is 5.82 Å². The first-order valence-electron chi connectivity index (χ1n) is 11.3. The highest BCUT2D eigenvalue weighted by Crippen LogP contribution is 2.24. The van der Waals surface area contributed by atoms with E-state index in [1.165, 1.54) is 19.2 Å². The molecule has 0 spiro atoms. The van der Waals surface area contributed by atoms with Crippen LogP contribution in [0.4, 0.5) is 4.39 Å². The summed E-state index contributed by atoms with van der Waals surface area (Å²) in [6.45, 7) is 0. The van der Waals surface area contributed by atoms with Crippen molar-refractivity contribution in [1.82, 2.24) is 19.9 Å². The number of nitrogens with one attached hydrogen (secondary N) is 2. The quantitative estimate of drug-likeness (QED) is 0.351. The Labute approximate surface area is 210 Å². The highest BCUT2D eigenvalue weighted by atomic mass is 19.1. The summed E-state index contributed by atoms with van der Waals surface area (Å²) in [5.74, 6) is 0.503. The van der Waals surface area contributed by atoms with Crippen LogP contribution in [-0.4, -0.2) is 40.0 Å². The van der Waals surface area contributed by atoms with Crippen LogP contribution in [0.3, 0.4) is 0 Å². The molecule has 10 heteroatoms. The SMILES string of the molecule is COc1cccc(Cc2nc3c(-c4ccc(F)cc4)n[nH]c3c(=O)n2NC(=O)c2cccc(OC)c2)c1. The first-order valence-corrected chi connectivity index (χ1v) is 11.3. The average molecular weight is 500 g/mol. The minimum atomic E-state index is -0.542. The van der Waals surface area contributed by atoms with E-state index < -0.39 is 17.3 Å². The Morgan fingerprint density at radius 3 is 2.43 bits per heavy atom. The van der Waals surface area contributed by atoms with Gasteiger partial charge in [0.2, 0.25) is 0 Å². The van der Waals surface area contributed by atoms with Gasteiger partial charge in [-0.2, -0.15) is 5.10 Å². The van der Waals surface area contributed by atoms with E-state index in [9.17, 15) is 14.0 Å². The standard InChI is InChI=1S/C27H22FN5O4/c1-36-20-7-3-5-16(13-20)14-22-29-24-23(17-9-11-19(28)12-10-17)30-31-25(24)27(35)33(22)32-26(34)18-6-4-8-21(15-18)37-2/h3-13,15H,14H2,1-2H3,(H,30,31)(H,32,34). The lowest BCUT2D eigenvalue weighted by Crippen LogP contribution is -2.36. The van der Waals surface area contributed by atoms with E-state index in [1.807, 2.05) is 18.2 Å². The summed E-state index contributed by atoms with van der Waals surface area (Å²) >= 11 is 0. The second-order valence-corrected chi connectivity index (χ2v) is 8.17. The van der Waals surface area contributed by atoms with Crippen LogP contribution in [-0.2, 0) is 6.42 Å². The Morgan fingerprint density at radius 2 is 1.70 bits per heavy atom. The lowest BCUT2D eigenvalue weighted by atomic mass is 10.1. The molecule has 37 heavy (non-hydrogen) atoms. The number of benzene rings is 3. The van der Waals surface area contributed by atoms with Crippen molar-refractivity contribution in [2.45, 2.75) is 6.42 Å². The first-order chi connectivity index (χ1) is 18.0. The van der Waals surface area contributed by atoms with Crippen molar-refractivity contribution < 1.29 is 18.7 Å². The maximum atomic E-state index is 13.6. The summed E-state index contributed by atoms with van der Waals surface area (Å²) in [4.78, 5) is 31.4. The molecular formula is C27H22FN5O4. The predicted molar refractivity (Wildman–Crippen MR) is 136 cm³/mol. The Balaban J connectivity index is 1.63. The lowest BCUT2D eigenvalue weighted by molar-refractivity contribution is 0.101. The van der Waals surface area contributed by atoms with Gasteiger partial charge in [-0.05, 0) is 60.2 Å². The maximum absolute atomic E-state index is 13.6. The molecular weight excluding hydrogens is 477 g/mol. The molecule has 0 aliphatic rings. The molecule has 0 fully saturated rings. The van der Waals surface area contributed by atoms with Gasteiger partial charge >= 0.3 is 0 Å². The Morgan fingerprint density at radius 1 is 1.00 bits per heavy atom. The van der Waals surface area contributed by atoms with Crippen LogP contribution < -0.4 is 20.5 Å². The molecule has 5 aromatic rings. The average Bonchev–Trinajstić information content (AvgIpc) is 3.35. The summed E-state index contributed by atoms with van der Waals surface area (Å²) in [6, 6.07) is 19.6. The molecule has 186 valence electrons. The number of hydrogen-bond donors (Lipinski definition) is 2. The van der Waals surface area contributed by atoms with Crippen molar-refractivity contribution in [3.05, 3.63) is 106 Å². The van der Waals surface area contributed by atoms with Crippen molar-refractivity contribution in [2.24, 2.45) is 0 Å². The Bertz CT molecular complexity index is 1660. The molecule has 3 aromatic carbocycles. The van der Waals surface area contributed by atoms with Crippen LogP contribution in [0.2, 0.25) is 0 Å². The molecule has 0 bridgehead atoms. The number of carbonyl (C=O) groups excluding carboxylic acids is 1. The van der Waals surface area contributed by atoms with Gasteiger partial charge in [0.05, 0.1) is 14.2 Å².